The molecule has 1 unspecified atom stereocenters. The van der Waals surface area contributed by atoms with Crippen molar-refractivity contribution in [2.45, 2.75) is 52.1 Å². The third kappa shape index (κ3) is 4.26. The number of hydrogen-bond acceptors (Lipinski definition) is 1. The Hall–Kier alpha value is -0.340. The topological polar surface area (TPSA) is 20.2 Å². The fourth-order valence-corrected chi connectivity index (χ4v) is 2.58. The smallest absolute Gasteiger partial charge is 0.0800 e. The number of benzene rings is 1. The zero-order chi connectivity index (χ0) is 12.0. The molecule has 1 N–H and O–H groups in total. The van der Waals surface area contributed by atoms with Gasteiger partial charge in [-0.3, -0.25) is 0 Å². The van der Waals surface area contributed by atoms with Gasteiger partial charge in [-0.1, -0.05) is 60.7 Å². The minimum atomic E-state index is -0.327. The van der Waals surface area contributed by atoms with Crippen LogP contribution in [0.5, 0.6) is 0 Å². The van der Waals surface area contributed by atoms with E-state index in [0.29, 0.717) is 0 Å². The molecule has 0 radical (unpaired) electrons. The maximum absolute atomic E-state index is 10.1. The first-order valence-electron chi connectivity index (χ1n) is 6.09. The Morgan fingerprint density at radius 2 is 2.00 bits per heavy atom. The molecule has 0 heterocycles. The molecule has 0 spiro atoms. The summed E-state index contributed by atoms with van der Waals surface area (Å²) >= 11 is 3.51. The molecule has 0 amide bonds. The van der Waals surface area contributed by atoms with Crippen molar-refractivity contribution in [3.63, 3.8) is 0 Å². The molecule has 1 atom stereocenters. The highest BCUT2D eigenvalue weighted by molar-refractivity contribution is 9.10. The minimum Gasteiger partial charge on any atom is -0.388 e. The maximum atomic E-state index is 10.1. The van der Waals surface area contributed by atoms with Crippen molar-refractivity contribution < 1.29 is 5.11 Å². The Bertz CT molecular complexity index is 323. The zero-order valence-corrected chi connectivity index (χ0v) is 11.8. The van der Waals surface area contributed by atoms with Crippen LogP contribution in [-0.4, -0.2) is 5.11 Å². The van der Waals surface area contributed by atoms with Crippen LogP contribution in [0, 0.1) is 6.92 Å². The number of rotatable bonds is 6. The van der Waals surface area contributed by atoms with Crippen molar-refractivity contribution in [3.05, 3.63) is 33.8 Å². The number of hydrogen-bond donors (Lipinski definition) is 1. The predicted molar refractivity (Wildman–Crippen MR) is 72.6 cm³/mol. The summed E-state index contributed by atoms with van der Waals surface area (Å²) in [6.45, 7) is 4.26. The molecule has 0 aromatic heterocycles. The first-order valence-corrected chi connectivity index (χ1v) is 6.88. The van der Waals surface area contributed by atoms with Crippen molar-refractivity contribution in [1.29, 1.82) is 0 Å². The van der Waals surface area contributed by atoms with Crippen LogP contribution in [0.1, 0.15) is 56.3 Å². The van der Waals surface area contributed by atoms with E-state index in [9.17, 15) is 5.11 Å². The first kappa shape index (κ1) is 13.7. The van der Waals surface area contributed by atoms with Crippen LogP contribution in [-0.2, 0) is 0 Å². The van der Waals surface area contributed by atoms with Crippen LogP contribution in [0.2, 0.25) is 0 Å². The molecule has 1 nitrogen and oxygen atoms in total. The zero-order valence-electron chi connectivity index (χ0n) is 10.2. The largest absolute Gasteiger partial charge is 0.388 e. The fraction of sp³-hybridized carbons (Fsp3) is 0.571. The second-order valence-electron chi connectivity index (χ2n) is 4.39. The molecule has 0 saturated carbocycles. The molecule has 0 bridgehead atoms. The highest BCUT2D eigenvalue weighted by Crippen LogP contribution is 2.27. The van der Waals surface area contributed by atoms with Gasteiger partial charge in [0.05, 0.1) is 6.10 Å². The van der Waals surface area contributed by atoms with E-state index in [1.54, 1.807) is 0 Å². The van der Waals surface area contributed by atoms with Gasteiger partial charge in [-0.15, -0.1) is 0 Å². The second-order valence-corrected chi connectivity index (χ2v) is 5.24. The van der Waals surface area contributed by atoms with E-state index >= 15 is 0 Å². The van der Waals surface area contributed by atoms with Gasteiger partial charge in [0.15, 0.2) is 0 Å². The lowest BCUT2D eigenvalue weighted by Gasteiger charge is -2.13. The molecule has 0 aliphatic rings. The van der Waals surface area contributed by atoms with Gasteiger partial charge in [0.1, 0.15) is 0 Å². The average molecular weight is 285 g/mol. The Balaban J connectivity index is 2.49. The van der Waals surface area contributed by atoms with E-state index in [1.807, 2.05) is 6.07 Å². The molecule has 0 fully saturated rings. The van der Waals surface area contributed by atoms with Crippen LogP contribution in [0.15, 0.2) is 22.7 Å². The summed E-state index contributed by atoms with van der Waals surface area (Å²) in [6, 6.07) is 6.13. The highest BCUT2D eigenvalue weighted by atomic mass is 79.9. The Kier molecular flexibility index (Phi) is 6.07. The lowest BCUT2D eigenvalue weighted by atomic mass is 10.0. The van der Waals surface area contributed by atoms with E-state index in [4.69, 9.17) is 0 Å². The number of aliphatic hydroxyl groups is 1. The summed E-state index contributed by atoms with van der Waals surface area (Å²) in [5.41, 5.74) is 2.23. The quantitative estimate of drug-likeness (QED) is 0.747. The van der Waals surface area contributed by atoms with Gasteiger partial charge in [0, 0.05) is 4.47 Å². The molecule has 0 saturated heterocycles. The summed E-state index contributed by atoms with van der Waals surface area (Å²) in [5, 5.41) is 10.1. The van der Waals surface area contributed by atoms with Gasteiger partial charge in [0.25, 0.3) is 0 Å². The van der Waals surface area contributed by atoms with Gasteiger partial charge in [-0.2, -0.15) is 0 Å². The number of halogens is 1. The summed E-state index contributed by atoms with van der Waals surface area (Å²) < 4.78 is 1.02. The van der Waals surface area contributed by atoms with Crippen LogP contribution >= 0.6 is 15.9 Å². The van der Waals surface area contributed by atoms with Crippen LogP contribution in [0.25, 0.3) is 0 Å². The first-order chi connectivity index (χ1) is 7.65. The molecule has 1 aromatic rings. The predicted octanol–water partition coefficient (Wildman–Crippen LogP) is 4.76. The van der Waals surface area contributed by atoms with E-state index in [0.717, 1.165) is 22.9 Å². The van der Waals surface area contributed by atoms with Crippen molar-refractivity contribution in [1.82, 2.24) is 0 Å². The Morgan fingerprint density at radius 1 is 1.25 bits per heavy atom. The third-order valence-electron chi connectivity index (χ3n) is 2.85. The number of aryl methyl sites for hydroxylation is 1. The van der Waals surface area contributed by atoms with E-state index in [-0.39, 0.29) is 6.10 Å². The van der Waals surface area contributed by atoms with E-state index < -0.39 is 0 Å². The average Bonchev–Trinajstić information content (AvgIpc) is 2.24. The normalized spacial score (nSPS) is 12.8. The molecule has 1 aromatic carbocycles. The van der Waals surface area contributed by atoms with Crippen LogP contribution in [0.4, 0.5) is 0 Å². The standard InChI is InChI=1S/C14H21BrO/c1-3-4-5-6-7-14(16)12-9-8-11(2)10-13(12)15/h8-10,14,16H,3-7H2,1-2H3. The Labute approximate surface area is 107 Å². The molecule has 2 heteroatoms. The molecule has 90 valence electrons. The maximum Gasteiger partial charge on any atom is 0.0800 e. The van der Waals surface area contributed by atoms with Crippen LogP contribution in [0.3, 0.4) is 0 Å². The number of unbranched alkanes of at least 4 members (excludes halogenated alkanes) is 3. The van der Waals surface area contributed by atoms with Gasteiger partial charge in [0.2, 0.25) is 0 Å². The number of aliphatic hydroxyl groups excluding tert-OH is 1. The molecular weight excluding hydrogens is 264 g/mol. The second kappa shape index (κ2) is 7.08. The fourth-order valence-electron chi connectivity index (χ4n) is 1.82. The molecule has 0 aliphatic carbocycles. The SMILES string of the molecule is CCCCCCC(O)c1ccc(C)cc1Br. The van der Waals surface area contributed by atoms with Crippen molar-refractivity contribution in [3.8, 4) is 0 Å². The summed E-state index contributed by atoms with van der Waals surface area (Å²) in [5.74, 6) is 0. The molecule has 0 aliphatic heterocycles. The summed E-state index contributed by atoms with van der Waals surface area (Å²) in [6.07, 6.45) is 5.37. The van der Waals surface area contributed by atoms with E-state index in [1.165, 1.54) is 24.8 Å². The lowest BCUT2D eigenvalue weighted by molar-refractivity contribution is 0.162. The molecule has 1 rings (SSSR count). The highest BCUT2D eigenvalue weighted by Gasteiger charge is 2.10. The molecule has 16 heavy (non-hydrogen) atoms. The van der Waals surface area contributed by atoms with E-state index in [2.05, 4.69) is 41.9 Å². The van der Waals surface area contributed by atoms with Crippen molar-refractivity contribution in [2.75, 3.05) is 0 Å². The third-order valence-corrected chi connectivity index (χ3v) is 3.53. The van der Waals surface area contributed by atoms with Crippen molar-refractivity contribution in [2.24, 2.45) is 0 Å². The summed E-state index contributed by atoms with van der Waals surface area (Å²) in [4.78, 5) is 0. The monoisotopic (exact) mass is 284 g/mol. The van der Waals surface area contributed by atoms with Crippen molar-refractivity contribution >= 4 is 15.9 Å². The minimum absolute atomic E-state index is 0.327. The van der Waals surface area contributed by atoms with Gasteiger partial charge < -0.3 is 5.11 Å². The van der Waals surface area contributed by atoms with Gasteiger partial charge >= 0.3 is 0 Å². The van der Waals surface area contributed by atoms with Crippen LogP contribution < -0.4 is 0 Å². The van der Waals surface area contributed by atoms with Gasteiger partial charge in [-0.05, 0) is 30.5 Å². The Morgan fingerprint density at radius 3 is 2.62 bits per heavy atom. The summed E-state index contributed by atoms with van der Waals surface area (Å²) in [7, 11) is 0. The van der Waals surface area contributed by atoms with Gasteiger partial charge in [-0.25, -0.2) is 0 Å². The lowest BCUT2D eigenvalue weighted by Crippen LogP contribution is -1.98. The molecular formula is C14H21BrO.